The third-order valence-corrected chi connectivity index (χ3v) is 0. The number of hydrogen-bond acceptors (Lipinski definition) is 1. The van der Waals surface area contributed by atoms with Gasteiger partial charge >= 0.3 is 48.9 Å². The first-order valence-electron chi connectivity index (χ1n) is 0.494. The molecule has 0 rings (SSSR count). The molecule has 0 saturated carbocycles. The molecule has 0 spiro atoms. The van der Waals surface area contributed by atoms with Gasteiger partial charge in [0.1, 0.15) is 0 Å². The minimum absolute atomic E-state index is 0. The molecular formula is H7BaO3P. The van der Waals surface area contributed by atoms with Crippen molar-refractivity contribution in [3.05, 3.63) is 0 Å². The molecule has 1 atom stereocenters. The van der Waals surface area contributed by atoms with Gasteiger partial charge in [0, 0.05) is 0 Å². The Hall–Kier alpha value is 1.72. The van der Waals surface area contributed by atoms with Gasteiger partial charge in [0.25, 0.3) is 0 Å². The molecule has 0 saturated heterocycles. The molecule has 0 aliphatic heterocycles. The van der Waals surface area contributed by atoms with Crippen molar-refractivity contribution in [3.63, 3.8) is 0 Å². The molecule has 1 unspecified atom stereocenters. The minimum atomic E-state index is -1.50. The van der Waals surface area contributed by atoms with E-state index in [9.17, 15) is 0 Å². The first-order chi connectivity index (χ1) is 1.41. The van der Waals surface area contributed by atoms with E-state index in [0.717, 1.165) is 0 Å². The fourth-order valence-electron chi connectivity index (χ4n) is 0. The molecule has 0 bridgehead atoms. The van der Waals surface area contributed by atoms with Crippen molar-refractivity contribution in [1.82, 2.24) is 0 Å². The van der Waals surface area contributed by atoms with Gasteiger partial charge in [0.2, 0.25) is 0 Å². The van der Waals surface area contributed by atoms with Crippen LogP contribution in [-0.4, -0.2) is 59.3 Å². The zero-order valence-electron chi connectivity index (χ0n) is 1.93. The maximum atomic E-state index is 8.57. The van der Waals surface area contributed by atoms with Crippen LogP contribution in [0.15, 0.2) is 0 Å². The molecule has 3 nitrogen and oxygen atoms in total. The molecule has 0 fully saturated rings. The molecule has 0 aromatic rings. The van der Waals surface area contributed by atoms with Crippen LogP contribution in [0, 0.1) is 0 Å². The molecule has 0 aliphatic rings. The fourth-order valence-corrected chi connectivity index (χ4v) is 0. The topological polar surface area (TPSA) is 68.8 Å². The Morgan fingerprint density at radius 3 is 1.60 bits per heavy atom. The summed E-state index contributed by atoms with van der Waals surface area (Å²) in [4.78, 5) is 7.10. The van der Waals surface area contributed by atoms with E-state index in [4.69, 9.17) is 9.46 Å². The van der Waals surface area contributed by atoms with Crippen molar-refractivity contribution < 1.29 is 14.9 Å². The zero-order valence-corrected chi connectivity index (χ0v) is 3.09. The summed E-state index contributed by atoms with van der Waals surface area (Å²) >= 11 is 0. The molecule has 0 aromatic heterocycles. The SMILES string of the molecule is O.O=[PH2]O.[BaH2]. The predicted octanol–water partition coefficient (Wildman–Crippen LogP) is -2.09. The van der Waals surface area contributed by atoms with Gasteiger partial charge in [-0.3, -0.25) is 4.57 Å². The summed E-state index contributed by atoms with van der Waals surface area (Å²) < 4.78 is 8.57. The normalized spacial score (nSPS) is 5.80. The van der Waals surface area contributed by atoms with Crippen LogP contribution < -0.4 is 0 Å². The Kier molecular flexibility index (Phi) is 54.7. The van der Waals surface area contributed by atoms with Crippen LogP contribution in [-0.2, 0) is 4.57 Å². The summed E-state index contributed by atoms with van der Waals surface area (Å²) in [6, 6.07) is 0. The average Bonchev–Trinajstić information content (AvgIpc) is 0.918. The van der Waals surface area contributed by atoms with Crippen molar-refractivity contribution in [2.24, 2.45) is 0 Å². The third kappa shape index (κ3) is 26.7. The van der Waals surface area contributed by atoms with E-state index >= 15 is 0 Å². The summed E-state index contributed by atoms with van der Waals surface area (Å²) in [5, 5.41) is 0. The van der Waals surface area contributed by atoms with Crippen LogP contribution in [0.4, 0.5) is 0 Å². The van der Waals surface area contributed by atoms with E-state index in [1.165, 1.54) is 0 Å². The van der Waals surface area contributed by atoms with Crippen LogP contribution in [0.25, 0.3) is 0 Å². The number of rotatable bonds is 0. The van der Waals surface area contributed by atoms with Crippen LogP contribution in [0.1, 0.15) is 0 Å². The predicted molar refractivity (Wildman–Crippen MR) is 24.8 cm³/mol. The van der Waals surface area contributed by atoms with Crippen molar-refractivity contribution >= 4 is 57.6 Å². The second-order valence-electron chi connectivity index (χ2n) is 0.105. The maximum absolute atomic E-state index is 8.57. The van der Waals surface area contributed by atoms with Gasteiger partial charge in [-0.05, 0) is 0 Å². The quantitative estimate of drug-likeness (QED) is 0.378. The van der Waals surface area contributed by atoms with Gasteiger partial charge in [0.15, 0.2) is 8.69 Å². The third-order valence-electron chi connectivity index (χ3n) is 0. The van der Waals surface area contributed by atoms with Crippen molar-refractivity contribution in [1.29, 1.82) is 0 Å². The zero-order chi connectivity index (χ0) is 2.71. The molecule has 0 heterocycles. The summed E-state index contributed by atoms with van der Waals surface area (Å²) in [5.74, 6) is 0. The van der Waals surface area contributed by atoms with Crippen molar-refractivity contribution in [3.8, 4) is 0 Å². The van der Waals surface area contributed by atoms with Gasteiger partial charge in [-0.15, -0.1) is 0 Å². The summed E-state index contributed by atoms with van der Waals surface area (Å²) in [6.45, 7) is 0. The van der Waals surface area contributed by atoms with Gasteiger partial charge in [-0.2, -0.15) is 0 Å². The average molecular weight is 223 g/mol. The van der Waals surface area contributed by atoms with Gasteiger partial charge in [-0.1, -0.05) is 0 Å². The Balaban J connectivity index is -0.0000000200. The Bertz CT molecular complexity index is 14.4. The van der Waals surface area contributed by atoms with E-state index < -0.39 is 8.69 Å². The fraction of sp³-hybridized carbons (Fsp3) is 0. The van der Waals surface area contributed by atoms with Crippen LogP contribution >= 0.6 is 8.69 Å². The first-order valence-corrected chi connectivity index (χ1v) is 1.48. The molecule has 0 amide bonds. The van der Waals surface area contributed by atoms with Gasteiger partial charge in [0.05, 0.1) is 0 Å². The second-order valence-corrected chi connectivity index (χ2v) is 0.316. The van der Waals surface area contributed by atoms with Crippen molar-refractivity contribution in [2.75, 3.05) is 0 Å². The monoisotopic (exact) mass is 224 g/mol. The van der Waals surface area contributed by atoms with Crippen LogP contribution in [0.2, 0.25) is 0 Å². The number of hydrogen-bond donors (Lipinski definition) is 1. The molecular weight excluding hydrogens is 216 g/mol. The van der Waals surface area contributed by atoms with Crippen LogP contribution in [0.5, 0.6) is 0 Å². The van der Waals surface area contributed by atoms with E-state index in [0.29, 0.717) is 0 Å². The molecule has 5 heteroatoms. The molecule has 3 N–H and O–H groups in total. The van der Waals surface area contributed by atoms with Crippen molar-refractivity contribution in [2.45, 2.75) is 0 Å². The molecule has 0 aromatic carbocycles. The Morgan fingerprint density at radius 1 is 1.60 bits per heavy atom. The van der Waals surface area contributed by atoms with E-state index in [2.05, 4.69) is 0 Å². The van der Waals surface area contributed by atoms with Crippen LogP contribution in [0.3, 0.4) is 0 Å². The second kappa shape index (κ2) is 17.2. The summed E-state index contributed by atoms with van der Waals surface area (Å²) in [7, 11) is -1.50. The first kappa shape index (κ1) is 15.9. The summed E-state index contributed by atoms with van der Waals surface area (Å²) in [6.07, 6.45) is 0. The van der Waals surface area contributed by atoms with E-state index in [-0.39, 0.29) is 54.4 Å². The van der Waals surface area contributed by atoms with Gasteiger partial charge < -0.3 is 10.4 Å². The Labute approximate surface area is 71.4 Å². The molecule has 0 aliphatic carbocycles. The van der Waals surface area contributed by atoms with E-state index in [1.807, 2.05) is 0 Å². The summed E-state index contributed by atoms with van der Waals surface area (Å²) in [5.41, 5.74) is 0. The van der Waals surface area contributed by atoms with Gasteiger partial charge in [-0.25, -0.2) is 0 Å². The molecule has 0 radical (unpaired) electrons. The standard InChI is InChI=1S/Ba.H3O2P.H2O.2H/c;1-3-2;;;/h;3H2,(H,1,2);1H2;;. The van der Waals surface area contributed by atoms with E-state index in [1.54, 1.807) is 0 Å². The molecule has 5 heavy (non-hydrogen) atoms. The molecule has 32 valence electrons. The Morgan fingerprint density at radius 2 is 1.60 bits per heavy atom.